The van der Waals surface area contributed by atoms with E-state index in [-0.39, 0.29) is 27.3 Å². The molecule has 0 heterocycles. The van der Waals surface area contributed by atoms with Gasteiger partial charge in [-0.15, -0.1) is 29.8 Å². The molecule has 3 heteroatoms. The second-order valence-corrected chi connectivity index (χ2v) is 15.1. The van der Waals surface area contributed by atoms with E-state index in [2.05, 4.69) is 75.4 Å². The first-order valence-electron chi connectivity index (χ1n) is 11.7. The van der Waals surface area contributed by atoms with Crippen LogP contribution in [0.4, 0.5) is 0 Å². The minimum atomic E-state index is -1.49. The van der Waals surface area contributed by atoms with E-state index in [1.807, 2.05) is 60.7 Å². The third-order valence-corrected chi connectivity index (χ3v) is 10.7. The number of hydrogen-bond acceptors (Lipinski definition) is 0. The molecule has 0 radical (unpaired) electrons. The van der Waals surface area contributed by atoms with Gasteiger partial charge in [0.1, 0.15) is 0 Å². The molecule has 174 valence electrons. The Bertz CT molecular complexity index is 687. The summed E-state index contributed by atoms with van der Waals surface area (Å²) in [6.07, 6.45) is 0. The zero-order valence-electron chi connectivity index (χ0n) is 22.0. The molecular weight excluding hydrogens is 438 g/mol. The second kappa shape index (κ2) is 13.7. The molecule has 0 amide bonds. The van der Waals surface area contributed by atoms with Crippen molar-refractivity contribution in [3.63, 3.8) is 0 Å². The monoisotopic (exact) mass is 484 g/mol. The number of hydrogen-bond donors (Lipinski definition) is 0. The maximum Gasteiger partial charge on any atom is 4.00 e. The van der Waals surface area contributed by atoms with Gasteiger partial charge in [-0.25, -0.2) is 0 Å². The summed E-state index contributed by atoms with van der Waals surface area (Å²) >= 11 is 0. The fourth-order valence-electron chi connectivity index (χ4n) is 5.27. The average Bonchev–Trinajstić information content (AvgIpc) is 2.85. The van der Waals surface area contributed by atoms with E-state index in [9.17, 15) is 0 Å². The smallest absolute Gasteiger partial charge is 0.660 e. The summed E-state index contributed by atoms with van der Waals surface area (Å²) in [5, 5.41) is 0. The van der Waals surface area contributed by atoms with Gasteiger partial charge in [0.25, 0.3) is 0 Å². The van der Waals surface area contributed by atoms with Gasteiger partial charge in [0.15, 0.2) is 0 Å². The molecule has 0 aromatic heterocycles. The third-order valence-electron chi connectivity index (χ3n) is 6.75. The first kappa shape index (κ1) is 31.1. The molecule has 0 aliphatic heterocycles. The minimum absolute atomic E-state index is 0. The average molecular weight is 485 g/mol. The van der Waals surface area contributed by atoms with Crippen molar-refractivity contribution in [3.8, 4) is 0 Å². The van der Waals surface area contributed by atoms with Crippen LogP contribution in [0.15, 0.2) is 60.7 Å². The van der Waals surface area contributed by atoms with Crippen molar-refractivity contribution in [2.75, 3.05) is 0 Å². The fraction of sp³-hybridized carbons (Fsp3) is 0.517. The van der Waals surface area contributed by atoms with E-state index in [4.69, 9.17) is 4.98 Å². The molecule has 1 nitrogen and oxygen atoms in total. The van der Waals surface area contributed by atoms with Crippen LogP contribution in [-0.2, 0) is 21.7 Å². The molecule has 32 heavy (non-hydrogen) atoms. The summed E-state index contributed by atoms with van der Waals surface area (Å²) in [6, 6.07) is 19.7. The summed E-state index contributed by atoms with van der Waals surface area (Å²) in [5.41, 5.74) is 3.13. The van der Waals surface area contributed by atoms with Crippen molar-refractivity contribution in [3.05, 3.63) is 90.6 Å². The Hall–Kier alpha value is -0.929. The van der Waals surface area contributed by atoms with E-state index in [1.165, 1.54) is 0 Å². The van der Waals surface area contributed by atoms with Crippen molar-refractivity contribution in [2.45, 2.75) is 72.6 Å². The Morgan fingerprint density at radius 3 is 1.19 bits per heavy atom. The van der Waals surface area contributed by atoms with Crippen LogP contribution in [0.2, 0.25) is 18.6 Å². The van der Waals surface area contributed by atoms with Gasteiger partial charge < -0.3 is 4.98 Å². The predicted octanol–water partition coefficient (Wildman–Crippen LogP) is 9.03. The predicted molar refractivity (Wildman–Crippen MR) is 143 cm³/mol. The molecule has 2 aromatic rings. The van der Waals surface area contributed by atoms with Crippen LogP contribution in [0, 0.1) is 37.5 Å². The standard InChI is InChI=1S/C15H32NSi.2C7H7.Ti/c1-10-11(2)13(4)14(12(10)3)17(8,9)16-15(5,6)7;2*1-7-5-3-2-4-6-7;/h10-14H,1-9H3;2*2-6H,1H2;/q3*-1;+4. The molecule has 1 aliphatic carbocycles. The summed E-state index contributed by atoms with van der Waals surface area (Å²) in [4.78, 5) is 5.23. The van der Waals surface area contributed by atoms with Gasteiger partial charge in [-0.2, -0.15) is 49.2 Å². The number of rotatable bonds is 2. The van der Waals surface area contributed by atoms with Crippen LogP contribution in [0.5, 0.6) is 0 Å². The first-order chi connectivity index (χ1) is 14.3. The summed E-state index contributed by atoms with van der Waals surface area (Å²) in [6.45, 7) is 28.9. The van der Waals surface area contributed by atoms with Crippen LogP contribution in [-0.4, -0.2) is 13.8 Å². The van der Waals surface area contributed by atoms with Crippen LogP contribution in [0.3, 0.4) is 0 Å². The van der Waals surface area contributed by atoms with Gasteiger partial charge in [-0.1, -0.05) is 87.5 Å². The van der Waals surface area contributed by atoms with Crippen molar-refractivity contribution < 1.29 is 21.7 Å². The Kier molecular flexibility index (Phi) is 13.3. The van der Waals surface area contributed by atoms with Crippen molar-refractivity contribution in [1.82, 2.24) is 0 Å². The molecule has 4 atom stereocenters. The topological polar surface area (TPSA) is 14.1 Å². The van der Waals surface area contributed by atoms with Crippen LogP contribution in [0.1, 0.15) is 59.6 Å². The van der Waals surface area contributed by atoms with E-state index < -0.39 is 8.24 Å². The molecule has 0 bridgehead atoms. The number of benzene rings is 2. The van der Waals surface area contributed by atoms with Crippen molar-refractivity contribution in [2.24, 2.45) is 23.7 Å². The molecule has 1 saturated carbocycles. The Morgan fingerprint density at radius 2 is 0.969 bits per heavy atom. The largest absolute Gasteiger partial charge is 4.00 e. The van der Waals surface area contributed by atoms with Gasteiger partial charge in [0.05, 0.1) is 0 Å². The van der Waals surface area contributed by atoms with Crippen molar-refractivity contribution in [1.29, 1.82) is 0 Å². The summed E-state index contributed by atoms with van der Waals surface area (Å²) in [7, 11) is -1.49. The summed E-state index contributed by atoms with van der Waals surface area (Å²) in [5.74, 6) is 3.40. The molecule has 4 unspecified atom stereocenters. The quantitative estimate of drug-likeness (QED) is 0.298. The maximum atomic E-state index is 5.23. The Morgan fingerprint density at radius 1 is 0.656 bits per heavy atom. The fourth-order valence-corrected chi connectivity index (χ4v) is 10.3. The van der Waals surface area contributed by atoms with Crippen LogP contribution >= 0.6 is 0 Å². The van der Waals surface area contributed by atoms with Gasteiger partial charge >= 0.3 is 21.7 Å². The van der Waals surface area contributed by atoms with Crippen LogP contribution < -0.4 is 0 Å². The molecular formula is C29H46NSiTi+. The molecule has 1 aliphatic rings. The van der Waals surface area contributed by atoms with Crippen LogP contribution in [0.25, 0.3) is 4.98 Å². The Balaban J connectivity index is 0.000000525. The maximum absolute atomic E-state index is 5.23. The molecule has 3 rings (SSSR count). The van der Waals surface area contributed by atoms with Gasteiger partial charge in [-0.3, -0.25) is 0 Å². The molecule has 0 spiro atoms. The molecule has 2 aromatic carbocycles. The van der Waals surface area contributed by atoms with Gasteiger partial charge in [0, 0.05) is 0 Å². The van der Waals surface area contributed by atoms with Gasteiger partial charge in [0.2, 0.25) is 0 Å². The van der Waals surface area contributed by atoms with E-state index in [0.717, 1.165) is 40.3 Å². The SMILES string of the molecule is CC1C(C)C(C)C([Si](C)(C)[N-]C(C)(C)C)C1C.[CH2-]c1ccccc1.[CH2-]c1ccccc1.[Ti+4]. The molecule has 0 saturated heterocycles. The van der Waals surface area contributed by atoms with E-state index in [0.29, 0.717) is 0 Å². The first-order valence-corrected chi connectivity index (χ1v) is 14.8. The van der Waals surface area contributed by atoms with Gasteiger partial charge in [-0.05, 0) is 23.7 Å². The van der Waals surface area contributed by atoms with Crippen molar-refractivity contribution >= 4 is 8.24 Å². The van der Waals surface area contributed by atoms with E-state index in [1.54, 1.807) is 0 Å². The molecule has 0 N–H and O–H groups in total. The Labute approximate surface area is 216 Å². The zero-order chi connectivity index (χ0) is 23.8. The zero-order valence-corrected chi connectivity index (χ0v) is 24.6. The minimum Gasteiger partial charge on any atom is -0.660 e. The normalized spacial score (nSPS) is 24.8. The summed E-state index contributed by atoms with van der Waals surface area (Å²) < 4.78 is 0. The third kappa shape index (κ3) is 10.3. The molecule has 1 fully saturated rings. The number of nitrogens with zero attached hydrogens (tertiary/aromatic N) is 1. The second-order valence-electron chi connectivity index (χ2n) is 10.9. The van der Waals surface area contributed by atoms with E-state index >= 15 is 0 Å².